The van der Waals surface area contributed by atoms with E-state index in [2.05, 4.69) is 0 Å². The van der Waals surface area contributed by atoms with E-state index < -0.39 is 17.6 Å². The zero-order chi connectivity index (χ0) is 13.3. The highest BCUT2D eigenvalue weighted by molar-refractivity contribution is 6.03. The van der Waals surface area contributed by atoms with Gasteiger partial charge in [-0.3, -0.25) is 0 Å². The van der Waals surface area contributed by atoms with Crippen LogP contribution in [0.15, 0.2) is 18.3 Å². The van der Waals surface area contributed by atoms with E-state index in [1.807, 2.05) is 0 Å². The van der Waals surface area contributed by atoms with Crippen LogP contribution in [0.2, 0.25) is 0 Å². The zero-order valence-corrected chi connectivity index (χ0v) is 9.61. The van der Waals surface area contributed by atoms with Crippen molar-refractivity contribution in [3.63, 3.8) is 0 Å². The van der Waals surface area contributed by atoms with Gasteiger partial charge in [0, 0.05) is 25.9 Å². The molecule has 4 nitrogen and oxygen atoms in total. The van der Waals surface area contributed by atoms with Gasteiger partial charge in [0.25, 0.3) is 0 Å². The Morgan fingerprint density at radius 1 is 1.44 bits per heavy atom. The lowest BCUT2D eigenvalue weighted by Crippen LogP contribution is -2.03. The van der Waals surface area contributed by atoms with Gasteiger partial charge >= 0.3 is 5.97 Å². The Kier molecular flexibility index (Phi) is 3.29. The van der Waals surface area contributed by atoms with Crippen LogP contribution in [0, 0.1) is 11.6 Å². The van der Waals surface area contributed by atoms with E-state index >= 15 is 0 Å². The minimum atomic E-state index is -1.25. The van der Waals surface area contributed by atoms with Gasteiger partial charge in [0.05, 0.1) is 23.1 Å². The maximum Gasteiger partial charge on any atom is 0.337 e. The Balaban J connectivity index is 2.68. The molecule has 0 unspecified atom stereocenters. The van der Waals surface area contributed by atoms with E-state index in [4.69, 9.17) is 9.84 Å². The molecule has 0 saturated carbocycles. The van der Waals surface area contributed by atoms with Crippen molar-refractivity contribution >= 4 is 16.9 Å². The SMILES string of the molecule is COCCn1cc(C(=O)O)c2c(F)cc(F)cc21. The average molecular weight is 255 g/mol. The number of nitrogens with zero attached hydrogens (tertiary/aromatic N) is 1. The third-order valence-corrected chi connectivity index (χ3v) is 2.66. The second-order valence-electron chi connectivity index (χ2n) is 3.82. The number of carboxylic acids is 1. The van der Waals surface area contributed by atoms with E-state index in [9.17, 15) is 13.6 Å². The van der Waals surface area contributed by atoms with Gasteiger partial charge in [-0.15, -0.1) is 0 Å². The van der Waals surface area contributed by atoms with Gasteiger partial charge in [-0.25, -0.2) is 13.6 Å². The number of hydrogen-bond acceptors (Lipinski definition) is 2. The summed E-state index contributed by atoms with van der Waals surface area (Å²) in [5.74, 6) is -2.87. The van der Waals surface area contributed by atoms with Crippen molar-refractivity contribution < 1.29 is 23.4 Å². The molecule has 0 amide bonds. The zero-order valence-electron chi connectivity index (χ0n) is 9.61. The van der Waals surface area contributed by atoms with Crippen molar-refractivity contribution in [2.75, 3.05) is 13.7 Å². The molecule has 0 bridgehead atoms. The largest absolute Gasteiger partial charge is 0.478 e. The molecule has 0 aliphatic heterocycles. The molecule has 1 heterocycles. The predicted molar refractivity (Wildman–Crippen MR) is 60.7 cm³/mol. The van der Waals surface area contributed by atoms with Crippen LogP contribution in [-0.4, -0.2) is 29.4 Å². The van der Waals surface area contributed by atoms with Gasteiger partial charge in [-0.1, -0.05) is 0 Å². The van der Waals surface area contributed by atoms with Crippen LogP contribution in [-0.2, 0) is 11.3 Å². The molecule has 2 aromatic rings. The van der Waals surface area contributed by atoms with Gasteiger partial charge in [-0.05, 0) is 6.07 Å². The van der Waals surface area contributed by atoms with Gasteiger partial charge in [0.1, 0.15) is 11.6 Å². The fourth-order valence-electron chi connectivity index (χ4n) is 1.88. The molecule has 0 aliphatic carbocycles. The lowest BCUT2D eigenvalue weighted by atomic mass is 10.1. The van der Waals surface area contributed by atoms with Crippen LogP contribution in [0.5, 0.6) is 0 Å². The molecule has 0 aliphatic rings. The lowest BCUT2D eigenvalue weighted by molar-refractivity contribution is 0.0698. The van der Waals surface area contributed by atoms with Crippen LogP contribution in [0.25, 0.3) is 10.9 Å². The molecule has 1 aromatic carbocycles. The Bertz CT molecular complexity index is 607. The monoisotopic (exact) mass is 255 g/mol. The summed E-state index contributed by atoms with van der Waals surface area (Å²) in [4.78, 5) is 11.0. The second kappa shape index (κ2) is 4.73. The topological polar surface area (TPSA) is 51.5 Å². The average Bonchev–Trinajstić information content (AvgIpc) is 2.65. The van der Waals surface area contributed by atoms with Crippen LogP contribution in [0.4, 0.5) is 8.78 Å². The Morgan fingerprint density at radius 2 is 2.17 bits per heavy atom. The lowest BCUT2D eigenvalue weighted by Gasteiger charge is -2.04. The highest BCUT2D eigenvalue weighted by Crippen LogP contribution is 2.25. The van der Waals surface area contributed by atoms with Crippen LogP contribution < -0.4 is 0 Å². The normalized spacial score (nSPS) is 11.1. The summed E-state index contributed by atoms with van der Waals surface area (Å²) in [6.45, 7) is 0.643. The van der Waals surface area contributed by atoms with Gasteiger partial charge in [0.15, 0.2) is 0 Å². The first-order valence-electron chi connectivity index (χ1n) is 5.24. The first-order chi connectivity index (χ1) is 8.54. The summed E-state index contributed by atoms with van der Waals surface area (Å²) < 4.78 is 33.2. The maximum atomic E-state index is 13.7. The fourth-order valence-corrected chi connectivity index (χ4v) is 1.88. The number of aromatic nitrogens is 1. The molecule has 0 saturated heterocycles. The molecule has 1 N–H and O–H groups in total. The number of ether oxygens (including phenoxy) is 1. The number of halogens is 2. The van der Waals surface area contributed by atoms with Crippen LogP contribution in [0.1, 0.15) is 10.4 Å². The van der Waals surface area contributed by atoms with Crippen molar-refractivity contribution in [3.8, 4) is 0 Å². The second-order valence-corrected chi connectivity index (χ2v) is 3.82. The molecule has 1 aromatic heterocycles. The van der Waals surface area contributed by atoms with Gasteiger partial charge in [0.2, 0.25) is 0 Å². The minimum absolute atomic E-state index is 0.0833. The molecule has 2 rings (SSSR count). The fraction of sp³-hybridized carbons (Fsp3) is 0.250. The minimum Gasteiger partial charge on any atom is -0.478 e. The highest BCUT2D eigenvalue weighted by atomic mass is 19.1. The van der Waals surface area contributed by atoms with E-state index in [0.717, 1.165) is 6.07 Å². The number of hydrogen-bond donors (Lipinski definition) is 1. The number of benzene rings is 1. The van der Waals surface area contributed by atoms with E-state index in [0.29, 0.717) is 19.2 Å². The summed E-state index contributed by atoms with van der Waals surface area (Å²) in [6, 6.07) is 1.79. The van der Waals surface area contributed by atoms with Crippen molar-refractivity contribution in [2.45, 2.75) is 6.54 Å². The quantitative estimate of drug-likeness (QED) is 0.911. The van der Waals surface area contributed by atoms with Crippen molar-refractivity contribution in [3.05, 3.63) is 35.5 Å². The first-order valence-corrected chi connectivity index (χ1v) is 5.24. The number of methoxy groups -OCH3 is 1. The predicted octanol–water partition coefficient (Wildman–Crippen LogP) is 2.26. The van der Waals surface area contributed by atoms with E-state index in [1.54, 1.807) is 0 Å². The first kappa shape index (κ1) is 12.5. The molecule has 96 valence electrons. The number of carbonyl (C=O) groups is 1. The van der Waals surface area contributed by atoms with E-state index in [-0.39, 0.29) is 16.5 Å². The maximum absolute atomic E-state index is 13.7. The van der Waals surface area contributed by atoms with Crippen LogP contribution in [0.3, 0.4) is 0 Å². The highest BCUT2D eigenvalue weighted by Gasteiger charge is 2.18. The number of carboxylic acid groups (broad SMARTS) is 1. The molecule has 18 heavy (non-hydrogen) atoms. The molecule has 0 radical (unpaired) electrons. The number of aromatic carboxylic acids is 1. The third kappa shape index (κ3) is 2.06. The van der Waals surface area contributed by atoms with Gasteiger partial charge in [-0.2, -0.15) is 0 Å². The Labute approximate surface area is 101 Å². The third-order valence-electron chi connectivity index (χ3n) is 2.66. The molecule has 0 fully saturated rings. The summed E-state index contributed by atoms with van der Waals surface area (Å²) >= 11 is 0. The molecular formula is C12H11F2NO3. The molecule has 0 spiro atoms. The van der Waals surface area contributed by atoms with Gasteiger partial charge < -0.3 is 14.4 Å². The Morgan fingerprint density at radius 3 is 2.78 bits per heavy atom. The van der Waals surface area contributed by atoms with Crippen molar-refractivity contribution in [1.82, 2.24) is 4.57 Å². The van der Waals surface area contributed by atoms with E-state index in [1.165, 1.54) is 17.9 Å². The number of rotatable bonds is 4. The summed E-state index contributed by atoms with van der Waals surface area (Å²) in [5.41, 5.74) is 0.0283. The molecule has 6 heteroatoms. The summed E-state index contributed by atoms with van der Waals surface area (Å²) in [5, 5.41) is 8.93. The van der Waals surface area contributed by atoms with Crippen LogP contribution >= 0.6 is 0 Å². The standard InChI is InChI=1S/C12H11F2NO3/c1-18-3-2-15-6-8(12(16)17)11-9(14)4-7(13)5-10(11)15/h4-6H,2-3H2,1H3,(H,16,17). The smallest absolute Gasteiger partial charge is 0.337 e. The summed E-state index contributed by atoms with van der Waals surface area (Å²) in [6.07, 6.45) is 1.29. The molecule has 0 atom stereocenters. The Hall–Kier alpha value is -1.95. The van der Waals surface area contributed by atoms with Crippen molar-refractivity contribution in [2.24, 2.45) is 0 Å². The summed E-state index contributed by atoms with van der Waals surface area (Å²) in [7, 11) is 1.49. The number of fused-ring (bicyclic) bond motifs is 1. The van der Waals surface area contributed by atoms with Crippen molar-refractivity contribution in [1.29, 1.82) is 0 Å². The molecular weight excluding hydrogens is 244 g/mol.